The van der Waals surface area contributed by atoms with Crippen LogP contribution in [0.5, 0.6) is 0 Å². The van der Waals surface area contributed by atoms with Crippen molar-refractivity contribution in [2.24, 2.45) is 11.8 Å². The van der Waals surface area contributed by atoms with Crippen molar-refractivity contribution >= 4 is 11.6 Å². The van der Waals surface area contributed by atoms with E-state index in [1.165, 1.54) is 5.57 Å². The van der Waals surface area contributed by atoms with E-state index in [0.29, 0.717) is 24.4 Å². The zero-order chi connectivity index (χ0) is 9.42. The largest absolute Gasteiger partial charge is 0.299 e. The smallest absolute Gasteiger partial charge is 0.137 e. The van der Waals surface area contributed by atoms with Crippen LogP contribution in [-0.4, -0.2) is 11.6 Å². The van der Waals surface area contributed by atoms with E-state index < -0.39 is 0 Å². The molecule has 1 saturated carbocycles. The molecular weight excluding hydrogens is 164 g/mol. The van der Waals surface area contributed by atoms with E-state index in [2.05, 4.69) is 6.08 Å². The Bertz CT molecular complexity index is 288. The summed E-state index contributed by atoms with van der Waals surface area (Å²) in [5, 5.41) is 0. The molecule has 0 unspecified atom stereocenters. The molecule has 0 radical (unpaired) electrons. The Labute approximate surface area is 78.0 Å². The third-order valence-electron chi connectivity index (χ3n) is 3.19. The van der Waals surface area contributed by atoms with Crippen LogP contribution in [0.3, 0.4) is 0 Å². The zero-order valence-corrected chi connectivity index (χ0v) is 7.88. The molecule has 70 valence electrons. The molecule has 2 heteroatoms. The lowest BCUT2D eigenvalue weighted by atomic mass is 9.70. The van der Waals surface area contributed by atoms with Gasteiger partial charge < -0.3 is 0 Å². The molecule has 0 aromatic rings. The Morgan fingerprint density at radius 3 is 2.46 bits per heavy atom. The van der Waals surface area contributed by atoms with Gasteiger partial charge in [0, 0.05) is 24.7 Å². The highest BCUT2D eigenvalue weighted by Crippen LogP contribution is 2.35. The summed E-state index contributed by atoms with van der Waals surface area (Å²) >= 11 is 0. The fraction of sp³-hybridized carbons (Fsp3) is 0.636. The van der Waals surface area contributed by atoms with Crippen molar-refractivity contribution in [2.45, 2.75) is 32.6 Å². The van der Waals surface area contributed by atoms with Gasteiger partial charge in [0.1, 0.15) is 11.6 Å². The molecule has 2 atom stereocenters. The number of ketones is 2. The molecular formula is C11H14O2. The highest BCUT2D eigenvalue weighted by atomic mass is 16.1. The van der Waals surface area contributed by atoms with Crippen molar-refractivity contribution in [3.8, 4) is 0 Å². The van der Waals surface area contributed by atoms with E-state index in [9.17, 15) is 9.59 Å². The van der Waals surface area contributed by atoms with Crippen LogP contribution >= 0.6 is 0 Å². The van der Waals surface area contributed by atoms with Crippen molar-refractivity contribution in [1.29, 1.82) is 0 Å². The lowest BCUT2D eigenvalue weighted by molar-refractivity contribution is -0.137. The molecule has 1 fully saturated rings. The summed E-state index contributed by atoms with van der Waals surface area (Å²) in [6, 6.07) is 0. The van der Waals surface area contributed by atoms with Gasteiger partial charge in [-0.2, -0.15) is 0 Å². The number of carbonyl (C=O) groups is 2. The quantitative estimate of drug-likeness (QED) is 0.531. The number of allylic oxidation sites excluding steroid dienone is 2. The molecule has 0 amide bonds. The summed E-state index contributed by atoms with van der Waals surface area (Å²) in [7, 11) is 0. The summed E-state index contributed by atoms with van der Waals surface area (Å²) in [6.07, 6.45) is 4.67. The van der Waals surface area contributed by atoms with Crippen LogP contribution in [0.15, 0.2) is 11.6 Å². The SMILES string of the molecule is CC1=CC[C@@H]2C(=O)CCC(=O)[C@@H]2C1. The van der Waals surface area contributed by atoms with E-state index in [0.717, 1.165) is 12.8 Å². The standard InChI is InChI=1S/C11H14O2/c1-7-2-3-8-9(6-7)11(13)5-4-10(8)12/h2,8-9H,3-6H2,1H3/t8-,9+/m0/s1. The number of hydrogen-bond donors (Lipinski definition) is 0. The first kappa shape index (κ1) is 8.67. The number of rotatable bonds is 0. The molecule has 2 aliphatic carbocycles. The van der Waals surface area contributed by atoms with Gasteiger partial charge >= 0.3 is 0 Å². The predicted molar refractivity (Wildman–Crippen MR) is 49.2 cm³/mol. The first-order valence-electron chi connectivity index (χ1n) is 4.89. The number of carbonyl (C=O) groups excluding carboxylic acids is 2. The fourth-order valence-corrected chi connectivity index (χ4v) is 2.38. The second-order valence-corrected chi connectivity index (χ2v) is 4.14. The maximum Gasteiger partial charge on any atom is 0.137 e. The molecule has 0 bridgehead atoms. The van der Waals surface area contributed by atoms with Crippen LogP contribution in [0.2, 0.25) is 0 Å². The zero-order valence-electron chi connectivity index (χ0n) is 7.88. The van der Waals surface area contributed by atoms with E-state index in [1.54, 1.807) is 0 Å². The summed E-state index contributed by atoms with van der Waals surface area (Å²) in [4.78, 5) is 23.0. The van der Waals surface area contributed by atoms with Crippen molar-refractivity contribution in [3.63, 3.8) is 0 Å². The minimum atomic E-state index is 0.0185. The monoisotopic (exact) mass is 178 g/mol. The number of hydrogen-bond acceptors (Lipinski definition) is 2. The topological polar surface area (TPSA) is 34.1 Å². The van der Waals surface area contributed by atoms with Gasteiger partial charge in [-0.05, 0) is 19.8 Å². The predicted octanol–water partition coefficient (Wildman–Crippen LogP) is 1.89. The maximum atomic E-state index is 11.5. The van der Waals surface area contributed by atoms with Crippen molar-refractivity contribution in [3.05, 3.63) is 11.6 Å². The average molecular weight is 178 g/mol. The normalized spacial score (nSPS) is 34.1. The Morgan fingerprint density at radius 1 is 1.15 bits per heavy atom. The third-order valence-corrected chi connectivity index (χ3v) is 3.19. The highest BCUT2D eigenvalue weighted by Gasteiger charge is 2.38. The molecule has 0 aromatic heterocycles. The molecule has 0 N–H and O–H groups in total. The van der Waals surface area contributed by atoms with Crippen molar-refractivity contribution in [2.75, 3.05) is 0 Å². The molecule has 2 rings (SSSR count). The molecule has 0 spiro atoms. The van der Waals surface area contributed by atoms with Crippen molar-refractivity contribution in [1.82, 2.24) is 0 Å². The van der Waals surface area contributed by atoms with Gasteiger partial charge in [-0.3, -0.25) is 9.59 Å². The van der Waals surface area contributed by atoms with Gasteiger partial charge in [0.15, 0.2) is 0 Å². The van der Waals surface area contributed by atoms with Crippen LogP contribution in [0.25, 0.3) is 0 Å². The van der Waals surface area contributed by atoms with Crippen LogP contribution in [0.4, 0.5) is 0 Å². The lowest BCUT2D eigenvalue weighted by Gasteiger charge is -2.31. The van der Waals surface area contributed by atoms with Gasteiger partial charge in [0.2, 0.25) is 0 Å². The van der Waals surface area contributed by atoms with E-state index in [4.69, 9.17) is 0 Å². The second kappa shape index (κ2) is 3.09. The van der Waals surface area contributed by atoms with Crippen LogP contribution < -0.4 is 0 Å². The third kappa shape index (κ3) is 1.45. The molecule has 0 aromatic carbocycles. The minimum absolute atomic E-state index is 0.0185. The number of fused-ring (bicyclic) bond motifs is 1. The Morgan fingerprint density at radius 2 is 1.77 bits per heavy atom. The van der Waals surface area contributed by atoms with Crippen molar-refractivity contribution < 1.29 is 9.59 Å². The number of Topliss-reactive ketones (excluding diaryl/α,β-unsaturated/α-hetero) is 2. The molecule has 0 saturated heterocycles. The Kier molecular flexibility index (Phi) is 2.06. The van der Waals surface area contributed by atoms with Crippen LogP contribution in [0, 0.1) is 11.8 Å². The molecule has 2 aliphatic rings. The van der Waals surface area contributed by atoms with Gasteiger partial charge in [-0.1, -0.05) is 11.6 Å². The summed E-state index contributed by atoms with van der Waals surface area (Å²) in [6.45, 7) is 2.04. The van der Waals surface area contributed by atoms with Crippen LogP contribution in [-0.2, 0) is 9.59 Å². The van der Waals surface area contributed by atoms with E-state index in [-0.39, 0.29) is 11.8 Å². The van der Waals surface area contributed by atoms with Gasteiger partial charge in [-0.15, -0.1) is 0 Å². The Balaban J connectivity index is 2.24. The highest BCUT2D eigenvalue weighted by molar-refractivity contribution is 5.96. The lowest BCUT2D eigenvalue weighted by Crippen LogP contribution is -2.36. The van der Waals surface area contributed by atoms with Gasteiger partial charge in [-0.25, -0.2) is 0 Å². The minimum Gasteiger partial charge on any atom is -0.299 e. The average Bonchev–Trinajstić information content (AvgIpc) is 2.12. The Hall–Kier alpha value is -0.920. The molecule has 0 heterocycles. The fourth-order valence-electron chi connectivity index (χ4n) is 2.38. The summed E-state index contributed by atoms with van der Waals surface area (Å²) in [5.74, 6) is 0.640. The first-order chi connectivity index (χ1) is 6.18. The maximum absolute atomic E-state index is 11.5. The van der Waals surface area contributed by atoms with E-state index >= 15 is 0 Å². The summed E-state index contributed by atoms with van der Waals surface area (Å²) < 4.78 is 0. The second-order valence-electron chi connectivity index (χ2n) is 4.14. The van der Waals surface area contributed by atoms with Gasteiger partial charge in [0.25, 0.3) is 0 Å². The molecule has 13 heavy (non-hydrogen) atoms. The van der Waals surface area contributed by atoms with E-state index in [1.807, 2.05) is 6.92 Å². The molecule has 2 nitrogen and oxygen atoms in total. The summed E-state index contributed by atoms with van der Waals surface area (Å²) in [5.41, 5.74) is 1.27. The molecule has 0 aliphatic heterocycles. The van der Waals surface area contributed by atoms with Gasteiger partial charge in [0.05, 0.1) is 0 Å². The first-order valence-corrected chi connectivity index (χ1v) is 4.89. The van der Waals surface area contributed by atoms with Crippen LogP contribution in [0.1, 0.15) is 32.6 Å².